The number of carbonyl (C=O) groups excluding carboxylic acids is 1. The van der Waals surface area contributed by atoms with E-state index in [1.165, 1.54) is 0 Å². The first-order valence-corrected chi connectivity index (χ1v) is 11.0. The Morgan fingerprint density at radius 1 is 1.29 bits per heavy atom. The lowest BCUT2D eigenvalue weighted by molar-refractivity contribution is -0.142. The number of ether oxygens (including phenoxy) is 1. The van der Waals surface area contributed by atoms with Crippen molar-refractivity contribution >= 4 is 29.2 Å². The second-order valence-corrected chi connectivity index (χ2v) is 10.2. The first kappa shape index (κ1) is 23.7. The fraction of sp³-hybridized carbons (Fsp3) is 0.417. The molecule has 5 nitrogen and oxygen atoms in total. The zero-order chi connectivity index (χ0) is 23.0. The number of hydrogen-bond donors (Lipinski definition) is 2. The molecular weight excluding hydrogens is 433 g/mol. The van der Waals surface area contributed by atoms with Gasteiger partial charge in [-0.1, -0.05) is 68.8 Å². The van der Waals surface area contributed by atoms with Crippen LogP contribution in [0.3, 0.4) is 0 Å². The van der Waals surface area contributed by atoms with Crippen molar-refractivity contribution in [1.29, 1.82) is 0 Å². The van der Waals surface area contributed by atoms with Gasteiger partial charge in [-0.25, -0.2) is 9.78 Å². The van der Waals surface area contributed by atoms with Gasteiger partial charge >= 0.3 is 5.97 Å². The molecule has 2 heterocycles. The van der Waals surface area contributed by atoms with E-state index in [2.05, 4.69) is 37.7 Å². The molecular formula is C24H29Cl2N3O2. The van der Waals surface area contributed by atoms with Crippen molar-refractivity contribution < 1.29 is 9.53 Å². The number of nitrogens with one attached hydrogen (secondary N) is 1. The van der Waals surface area contributed by atoms with E-state index in [9.17, 15) is 4.79 Å². The molecule has 1 saturated heterocycles. The molecule has 3 N–H and O–H groups in total. The van der Waals surface area contributed by atoms with Crippen LogP contribution in [0.4, 0.5) is 0 Å². The summed E-state index contributed by atoms with van der Waals surface area (Å²) in [6.07, 6.45) is 2.41. The fourth-order valence-electron chi connectivity index (χ4n) is 4.40. The Kier molecular flexibility index (Phi) is 6.82. The lowest BCUT2D eigenvalue weighted by Gasteiger charge is -2.39. The number of aromatic nitrogens is 1. The number of halogens is 2. The van der Waals surface area contributed by atoms with Crippen LogP contribution in [0.2, 0.25) is 10.2 Å². The van der Waals surface area contributed by atoms with Gasteiger partial charge in [-0.05, 0) is 48.1 Å². The van der Waals surface area contributed by atoms with Gasteiger partial charge in [0.1, 0.15) is 11.2 Å². The molecule has 0 saturated carbocycles. The Bertz CT molecular complexity index is 972. The molecule has 1 aliphatic rings. The van der Waals surface area contributed by atoms with Gasteiger partial charge in [-0.15, -0.1) is 0 Å². The number of benzene rings is 1. The Morgan fingerprint density at radius 2 is 2.00 bits per heavy atom. The highest BCUT2D eigenvalue weighted by atomic mass is 35.5. The van der Waals surface area contributed by atoms with Gasteiger partial charge in [0.25, 0.3) is 0 Å². The normalized spacial score (nSPS) is 26.0. The number of nitrogens with two attached hydrogens (primary N) is 1. The van der Waals surface area contributed by atoms with Crippen LogP contribution in [0.5, 0.6) is 0 Å². The van der Waals surface area contributed by atoms with E-state index in [0.29, 0.717) is 15.9 Å². The van der Waals surface area contributed by atoms with E-state index in [1.54, 1.807) is 25.3 Å². The molecule has 3 rings (SSSR count). The first-order valence-electron chi connectivity index (χ1n) is 10.2. The zero-order valence-electron chi connectivity index (χ0n) is 18.3. The van der Waals surface area contributed by atoms with Gasteiger partial charge in [0.15, 0.2) is 0 Å². The third kappa shape index (κ3) is 5.12. The molecule has 166 valence electrons. The van der Waals surface area contributed by atoms with Crippen LogP contribution >= 0.6 is 23.2 Å². The largest absolute Gasteiger partial charge is 0.431 e. The van der Waals surface area contributed by atoms with Gasteiger partial charge in [0, 0.05) is 23.2 Å². The molecule has 0 aliphatic carbocycles. The average Bonchev–Trinajstić information content (AvgIpc) is 2.94. The minimum atomic E-state index is -0.964. The van der Waals surface area contributed by atoms with Crippen molar-refractivity contribution in [3.8, 4) is 0 Å². The lowest BCUT2D eigenvalue weighted by Crippen LogP contribution is -2.51. The van der Waals surface area contributed by atoms with Crippen molar-refractivity contribution in [3.63, 3.8) is 0 Å². The average molecular weight is 462 g/mol. The second kappa shape index (κ2) is 8.91. The van der Waals surface area contributed by atoms with Crippen LogP contribution in [-0.4, -0.2) is 23.0 Å². The Hall–Kier alpha value is -1.92. The highest BCUT2D eigenvalue weighted by Crippen LogP contribution is 2.48. The molecule has 1 aromatic carbocycles. The van der Waals surface area contributed by atoms with Crippen molar-refractivity contribution in [2.45, 2.75) is 57.7 Å². The number of nitrogens with zero attached hydrogens (tertiary/aromatic N) is 1. The van der Waals surface area contributed by atoms with Crippen molar-refractivity contribution in [3.05, 3.63) is 76.2 Å². The summed E-state index contributed by atoms with van der Waals surface area (Å²) in [5.41, 5.74) is 7.87. The molecule has 2 aromatic rings. The maximum Gasteiger partial charge on any atom is 0.328 e. The maximum absolute atomic E-state index is 13.1. The van der Waals surface area contributed by atoms with Crippen LogP contribution < -0.4 is 11.1 Å². The molecule has 1 aromatic heterocycles. The van der Waals surface area contributed by atoms with Gasteiger partial charge in [0.2, 0.25) is 0 Å². The highest BCUT2D eigenvalue weighted by molar-refractivity contribution is 6.30. The van der Waals surface area contributed by atoms with Gasteiger partial charge in [-0.2, -0.15) is 0 Å². The smallest absolute Gasteiger partial charge is 0.328 e. The van der Waals surface area contributed by atoms with E-state index in [-0.39, 0.29) is 11.5 Å². The van der Waals surface area contributed by atoms with Crippen LogP contribution in [0.1, 0.15) is 51.2 Å². The van der Waals surface area contributed by atoms with Crippen molar-refractivity contribution in [1.82, 2.24) is 10.3 Å². The van der Waals surface area contributed by atoms with E-state index >= 15 is 0 Å². The number of esters is 1. The Morgan fingerprint density at radius 3 is 2.55 bits per heavy atom. The summed E-state index contributed by atoms with van der Waals surface area (Å²) in [5.74, 6) is -0.550. The number of rotatable bonds is 5. The van der Waals surface area contributed by atoms with E-state index in [0.717, 1.165) is 17.5 Å². The third-order valence-corrected chi connectivity index (χ3v) is 6.04. The molecule has 0 amide bonds. The molecule has 1 fully saturated rings. The zero-order valence-corrected chi connectivity index (χ0v) is 19.8. The molecule has 0 radical (unpaired) electrons. The summed E-state index contributed by atoms with van der Waals surface area (Å²) in [7, 11) is 0. The monoisotopic (exact) mass is 461 g/mol. The molecule has 0 spiro atoms. The van der Waals surface area contributed by atoms with Crippen LogP contribution in [0.15, 0.2) is 54.9 Å². The van der Waals surface area contributed by atoms with Gasteiger partial charge in [0.05, 0.1) is 11.3 Å². The molecule has 1 aliphatic heterocycles. The standard InChI is InChI=1S/C24H29Cl2N3O2/c1-14(2)31-22(30)21-20(15-7-6-8-17(25)11-15)24(27,16-9-10-19(26)28-13-16)18(29-21)12-23(3,4)5/h6-11,13,18,20-21,29H,1,12,27H2,2-5H3/t18-,20-,21+,24+/m0/s1. The van der Waals surface area contributed by atoms with Crippen LogP contribution in [0, 0.1) is 5.41 Å². The maximum atomic E-state index is 13.1. The van der Waals surface area contributed by atoms with Crippen molar-refractivity contribution in [2.24, 2.45) is 11.1 Å². The first-order chi connectivity index (χ1) is 14.4. The highest BCUT2D eigenvalue weighted by Gasteiger charge is 2.57. The number of allylic oxidation sites excluding steroid dienone is 1. The minimum Gasteiger partial charge on any atom is -0.431 e. The number of pyridine rings is 1. The summed E-state index contributed by atoms with van der Waals surface area (Å²) >= 11 is 12.4. The summed E-state index contributed by atoms with van der Waals surface area (Å²) in [5, 5.41) is 4.43. The van der Waals surface area contributed by atoms with E-state index < -0.39 is 23.5 Å². The van der Waals surface area contributed by atoms with Crippen molar-refractivity contribution in [2.75, 3.05) is 0 Å². The SMILES string of the molecule is C=C(C)OC(=O)[C@@H]1N[C@@H](CC(C)(C)C)[C@](N)(c2ccc(Cl)nc2)[C@H]1c1cccc(Cl)c1. The summed E-state index contributed by atoms with van der Waals surface area (Å²) in [6.45, 7) is 11.8. The summed E-state index contributed by atoms with van der Waals surface area (Å²) < 4.78 is 5.42. The lowest BCUT2D eigenvalue weighted by atomic mass is 9.69. The third-order valence-electron chi connectivity index (χ3n) is 5.59. The Balaban J connectivity index is 2.21. The predicted octanol–water partition coefficient (Wildman–Crippen LogP) is 5.18. The predicted molar refractivity (Wildman–Crippen MR) is 125 cm³/mol. The molecule has 31 heavy (non-hydrogen) atoms. The number of hydrogen-bond acceptors (Lipinski definition) is 5. The topological polar surface area (TPSA) is 77.2 Å². The molecule has 4 atom stereocenters. The second-order valence-electron chi connectivity index (χ2n) is 9.42. The molecule has 7 heteroatoms. The van der Waals surface area contributed by atoms with Gasteiger partial charge in [-0.3, -0.25) is 5.32 Å². The molecule has 0 unspecified atom stereocenters. The van der Waals surface area contributed by atoms with Gasteiger partial charge < -0.3 is 10.5 Å². The van der Waals surface area contributed by atoms with E-state index in [4.69, 9.17) is 33.7 Å². The van der Waals surface area contributed by atoms with Crippen LogP contribution in [0.25, 0.3) is 0 Å². The molecule has 0 bridgehead atoms. The summed E-state index contributed by atoms with van der Waals surface area (Å²) in [6, 6.07) is 10.1. The minimum absolute atomic E-state index is 0.0474. The van der Waals surface area contributed by atoms with Crippen LogP contribution in [-0.2, 0) is 15.1 Å². The summed E-state index contributed by atoms with van der Waals surface area (Å²) in [4.78, 5) is 17.4. The number of carbonyl (C=O) groups is 1. The fourth-order valence-corrected chi connectivity index (χ4v) is 4.71. The van der Waals surface area contributed by atoms with E-state index in [1.807, 2.05) is 24.3 Å². The Labute approximate surface area is 194 Å². The quantitative estimate of drug-likeness (QED) is 0.364.